The lowest BCUT2D eigenvalue weighted by molar-refractivity contribution is -0.701. The van der Waals surface area contributed by atoms with Crippen molar-refractivity contribution in [1.82, 2.24) is 0 Å². The summed E-state index contributed by atoms with van der Waals surface area (Å²) in [6, 6.07) is 5.99. The molecule has 0 aliphatic rings. The van der Waals surface area contributed by atoms with Gasteiger partial charge in [-0.25, -0.2) is 4.57 Å². The predicted molar refractivity (Wildman–Crippen MR) is 204 cm³/mol. The zero-order chi connectivity index (χ0) is 33.9. The molecule has 268 valence electrons. The highest BCUT2D eigenvalue weighted by molar-refractivity contribution is 5.87. The monoisotopic (exact) mass is 651 g/mol. The molecule has 1 atom stereocenters. The van der Waals surface area contributed by atoms with Crippen molar-refractivity contribution < 1.29 is 14.2 Å². The van der Waals surface area contributed by atoms with Crippen LogP contribution in [0, 0.1) is 5.92 Å². The van der Waals surface area contributed by atoms with Crippen molar-refractivity contribution in [3.8, 4) is 0 Å². The van der Waals surface area contributed by atoms with E-state index in [1.807, 2.05) is 30.6 Å². The number of hydrogen-bond acceptors (Lipinski definition) is 2. The van der Waals surface area contributed by atoms with E-state index in [4.69, 9.17) is 0 Å². The Morgan fingerprint density at radius 2 is 0.872 bits per heavy atom. The second-order valence-electron chi connectivity index (χ2n) is 14.1. The Balaban J connectivity index is 2.17. The van der Waals surface area contributed by atoms with Crippen molar-refractivity contribution in [3.63, 3.8) is 0 Å². The lowest BCUT2D eigenvalue weighted by Crippen LogP contribution is -2.40. The van der Waals surface area contributed by atoms with Crippen LogP contribution in [-0.4, -0.2) is 11.6 Å². The van der Waals surface area contributed by atoms with Gasteiger partial charge in [0.25, 0.3) is 0 Å². The Morgan fingerprint density at radius 1 is 0.489 bits per heavy atom. The minimum absolute atomic E-state index is 0.199. The number of rotatable bonds is 35. The molecule has 0 bridgehead atoms. The number of aromatic nitrogens is 1. The first-order chi connectivity index (χ1) is 23.2. The molecule has 0 radical (unpaired) electrons. The van der Waals surface area contributed by atoms with Crippen LogP contribution >= 0.6 is 0 Å². The van der Waals surface area contributed by atoms with Crippen LogP contribution in [0.5, 0.6) is 0 Å². The average molecular weight is 651 g/mol. The smallest absolute Gasteiger partial charge is 0.168 e. The fourth-order valence-corrected chi connectivity index (χ4v) is 6.43. The number of pyridine rings is 1. The van der Waals surface area contributed by atoms with Crippen LogP contribution in [0.1, 0.15) is 200 Å². The summed E-state index contributed by atoms with van der Waals surface area (Å²) in [6.45, 7) is 5.16. The Labute approximate surface area is 292 Å². The van der Waals surface area contributed by atoms with Crippen molar-refractivity contribution in [2.75, 3.05) is 0 Å². The maximum atomic E-state index is 13.2. The number of Topliss-reactive ketones (excluding diaryl/α,β-unsaturated/α-hetero) is 2. The van der Waals surface area contributed by atoms with Crippen molar-refractivity contribution in [3.05, 3.63) is 54.9 Å². The lowest BCUT2D eigenvalue weighted by Gasteiger charge is -2.13. The number of hydrogen-bond donors (Lipinski definition) is 0. The summed E-state index contributed by atoms with van der Waals surface area (Å²) in [6.07, 6.45) is 47.9. The van der Waals surface area contributed by atoms with Crippen LogP contribution < -0.4 is 4.57 Å². The van der Waals surface area contributed by atoms with Crippen LogP contribution in [0.4, 0.5) is 0 Å². The topological polar surface area (TPSA) is 38.0 Å². The molecule has 0 aromatic carbocycles. The van der Waals surface area contributed by atoms with Gasteiger partial charge in [-0.1, -0.05) is 147 Å². The minimum Gasteiger partial charge on any atom is -0.300 e. The molecule has 0 amide bonds. The number of nitrogens with zero attached hydrogens (tertiary/aromatic N) is 1. The maximum Gasteiger partial charge on any atom is 0.168 e. The molecule has 0 aliphatic heterocycles. The molecule has 3 nitrogen and oxygen atoms in total. The number of allylic oxidation sites excluding steroid dienone is 4. The summed E-state index contributed by atoms with van der Waals surface area (Å²) in [5.74, 6) is 0.341. The van der Waals surface area contributed by atoms with E-state index in [1.54, 1.807) is 0 Å². The molecule has 0 spiro atoms. The standard InChI is InChI=1S/C44H76NO2/c1-3-5-7-9-11-13-15-17-19-21-23-25-27-29-32-36-43(46)40-42(41-45-38-34-31-35-39-45)44(47)37-33-30-28-26-24-22-20-18-16-14-12-10-8-6-4-2/h17-20,31,34-35,38-39,42H,3-16,21-30,32-33,36-37,40-41H2,1-2H3/q+1/b19-17-,20-18-. The second-order valence-corrected chi connectivity index (χ2v) is 14.1. The van der Waals surface area contributed by atoms with Crippen molar-refractivity contribution >= 4 is 11.6 Å². The van der Waals surface area contributed by atoms with Gasteiger partial charge in [-0.3, -0.25) is 9.59 Å². The Hall–Kier alpha value is -2.03. The van der Waals surface area contributed by atoms with Gasteiger partial charge in [0.1, 0.15) is 11.6 Å². The Kier molecular flexibility index (Phi) is 31.0. The summed E-state index contributed by atoms with van der Waals surface area (Å²) in [5.41, 5.74) is 0. The van der Waals surface area contributed by atoms with Gasteiger partial charge in [0.05, 0.1) is 5.92 Å². The second kappa shape index (κ2) is 33.9. The van der Waals surface area contributed by atoms with Crippen LogP contribution in [0.25, 0.3) is 0 Å². The molecule has 1 aromatic rings. The quantitative estimate of drug-likeness (QED) is 0.0416. The first-order valence-corrected chi connectivity index (χ1v) is 20.5. The molecule has 0 saturated carbocycles. The van der Waals surface area contributed by atoms with Crippen molar-refractivity contribution in [2.24, 2.45) is 5.92 Å². The van der Waals surface area contributed by atoms with E-state index in [2.05, 4.69) is 42.7 Å². The molecular formula is C44H76NO2+. The molecule has 47 heavy (non-hydrogen) atoms. The van der Waals surface area contributed by atoms with Gasteiger partial charge in [-0.2, -0.15) is 0 Å². The first-order valence-electron chi connectivity index (χ1n) is 20.5. The predicted octanol–water partition coefficient (Wildman–Crippen LogP) is 13.2. The molecule has 0 N–H and O–H groups in total. The van der Waals surface area contributed by atoms with E-state index in [0.29, 0.717) is 25.8 Å². The van der Waals surface area contributed by atoms with Gasteiger partial charge < -0.3 is 0 Å². The van der Waals surface area contributed by atoms with Gasteiger partial charge in [0.15, 0.2) is 18.9 Å². The van der Waals surface area contributed by atoms with Gasteiger partial charge in [-0.15, -0.1) is 0 Å². The van der Waals surface area contributed by atoms with E-state index < -0.39 is 0 Å². The molecule has 1 aromatic heterocycles. The van der Waals surface area contributed by atoms with E-state index in [0.717, 1.165) is 25.7 Å². The molecule has 1 rings (SSSR count). The summed E-state index contributed by atoms with van der Waals surface area (Å²) >= 11 is 0. The summed E-state index contributed by atoms with van der Waals surface area (Å²) in [5, 5.41) is 0. The fourth-order valence-electron chi connectivity index (χ4n) is 6.43. The van der Waals surface area contributed by atoms with Crippen molar-refractivity contribution in [2.45, 2.75) is 207 Å². The first kappa shape index (κ1) is 43.0. The van der Waals surface area contributed by atoms with Gasteiger partial charge in [-0.05, 0) is 64.2 Å². The number of carbonyl (C=O) groups excluding carboxylic acids is 2. The number of carbonyl (C=O) groups is 2. The Bertz CT molecular complexity index is 889. The van der Waals surface area contributed by atoms with E-state index in [9.17, 15) is 9.59 Å². The van der Waals surface area contributed by atoms with E-state index in [1.165, 1.54) is 141 Å². The SMILES string of the molecule is CCCCCCCC/C=C\CCCCCCCC(=O)CC(C[n+]1ccccc1)C(=O)CCCCCCC/C=C\CCCCCCCC. The normalized spacial score (nSPS) is 12.4. The Morgan fingerprint density at radius 3 is 1.32 bits per heavy atom. The summed E-state index contributed by atoms with van der Waals surface area (Å²) in [4.78, 5) is 26.2. The molecule has 1 heterocycles. The van der Waals surface area contributed by atoms with Gasteiger partial charge in [0.2, 0.25) is 0 Å². The summed E-state index contributed by atoms with van der Waals surface area (Å²) in [7, 11) is 0. The lowest BCUT2D eigenvalue weighted by atomic mass is 9.92. The number of unbranched alkanes of at least 4 members (excludes halogenated alkanes) is 22. The fraction of sp³-hybridized carbons (Fsp3) is 0.750. The van der Waals surface area contributed by atoms with Crippen LogP contribution in [0.15, 0.2) is 54.9 Å². The van der Waals surface area contributed by atoms with E-state index >= 15 is 0 Å². The minimum atomic E-state index is -0.199. The maximum absolute atomic E-state index is 13.2. The highest BCUT2D eigenvalue weighted by atomic mass is 16.1. The third-order valence-electron chi connectivity index (χ3n) is 9.54. The van der Waals surface area contributed by atoms with Crippen LogP contribution in [0.3, 0.4) is 0 Å². The van der Waals surface area contributed by atoms with Crippen LogP contribution in [-0.2, 0) is 16.1 Å². The van der Waals surface area contributed by atoms with Gasteiger partial charge in [0, 0.05) is 31.4 Å². The third-order valence-corrected chi connectivity index (χ3v) is 9.54. The number of ketones is 2. The zero-order valence-electron chi connectivity index (χ0n) is 31.3. The third kappa shape index (κ3) is 28.7. The molecule has 0 saturated heterocycles. The molecule has 0 aliphatic carbocycles. The highest BCUT2D eigenvalue weighted by Crippen LogP contribution is 2.17. The van der Waals surface area contributed by atoms with Crippen LogP contribution in [0.2, 0.25) is 0 Å². The van der Waals surface area contributed by atoms with Crippen molar-refractivity contribution in [1.29, 1.82) is 0 Å². The zero-order valence-corrected chi connectivity index (χ0v) is 31.3. The van der Waals surface area contributed by atoms with E-state index in [-0.39, 0.29) is 17.5 Å². The summed E-state index contributed by atoms with van der Waals surface area (Å²) < 4.78 is 2.07. The largest absolute Gasteiger partial charge is 0.300 e. The molecule has 0 fully saturated rings. The highest BCUT2D eigenvalue weighted by Gasteiger charge is 2.25. The molecule has 1 unspecified atom stereocenters. The average Bonchev–Trinajstić information content (AvgIpc) is 3.08. The van der Waals surface area contributed by atoms with Gasteiger partial charge >= 0.3 is 0 Å². The molecular weight excluding hydrogens is 574 g/mol. The molecule has 3 heteroatoms.